The van der Waals surface area contributed by atoms with E-state index in [0.717, 1.165) is 86.2 Å². The molecule has 20 nitrogen and oxygen atoms in total. The Kier molecular flexibility index (Phi) is 23.4. The molecule has 0 amide bonds. The van der Waals surface area contributed by atoms with Crippen molar-refractivity contribution in [3.05, 3.63) is 413 Å². The fourth-order valence-electron chi connectivity index (χ4n) is 18.8. The molecule has 0 atom stereocenters. The molecule has 2 aliphatic heterocycles. The Labute approximate surface area is 826 Å². The molecule has 2 aliphatic rings. The van der Waals surface area contributed by atoms with Gasteiger partial charge in [-0.25, -0.2) is 29.9 Å². The van der Waals surface area contributed by atoms with Crippen molar-refractivity contribution < 1.29 is 56.8 Å². The van der Waals surface area contributed by atoms with E-state index in [1.165, 1.54) is 0 Å². The van der Waals surface area contributed by atoms with Crippen LogP contribution in [0.15, 0.2) is 413 Å². The van der Waals surface area contributed by atoms with Gasteiger partial charge in [0.1, 0.15) is 144 Å². The molecule has 0 aliphatic carbocycles. The Morgan fingerprint density at radius 1 is 0.153 bits per heavy atom. The number of nitrogens with zero attached hydrogens (tertiary/aromatic N) is 6. The molecule has 0 unspecified atom stereocenters. The van der Waals surface area contributed by atoms with Crippen molar-refractivity contribution in [3.8, 4) is 115 Å². The van der Waals surface area contributed by atoms with Gasteiger partial charge in [0.15, 0.2) is 47.7 Å². The summed E-state index contributed by atoms with van der Waals surface area (Å²) >= 11 is 0. The minimum atomic E-state index is -0.663. The van der Waals surface area contributed by atoms with E-state index in [2.05, 4.69) is 156 Å². The number of aromatic amines is 2. The van der Waals surface area contributed by atoms with Gasteiger partial charge >= 0.3 is 0 Å². The van der Waals surface area contributed by atoms with Crippen LogP contribution >= 0.6 is 0 Å². The zero-order valence-corrected chi connectivity index (χ0v) is 77.8. The molecule has 0 spiro atoms. The summed E-state index contributed by atoms with van der Waals surface area (Å²) in [5.41, 5.74) is 4.15. The summed E-state index contributed by atoms with van der Waals surface area (Å²) in [5, 5.41) is 19.8. The van der Waals surface area contributed by atoms with Gasteiger partial charge < -0.3 is 66.8 Å². The second-order valence-electron chi connectivity index (χ2n) is 36.0. The first-order valence-corrected chi connectivity index (χ1v) is 48.1. The lowest BCUT2D eigenvalue weighted by atomic mass is 10.1. The second kappa shape index (κ2) is 38.7. The van der Waals surface area contributed by atoms with Crippen molar-refractivity contribution in [3.63, 3.8) is 0 Å². The Morgan fingerprint density at radius 2 is 0.333 bits per heavy atom. The number of ether oxygens (including phenoxy) is 12. The van der Waals surface area contributed by atoms with Gasteiger partial charge in [-0.1, -0.05) is 243 Å². The Hall–Kier alpha value is -18.6. The lowest BCUT2D eigenvalue weighted by Gasteiger charge is -2.21. The maximum absolute atomic E-state index is 7.17. The van der Waals surface area contributed by atoms with Crippen molar-refractivity contribution in [1.29, 1.82) is 0 Å². The molecule has 20 aromatic carbocycles. The van der Waals surface area contributed by atoms with E-state index in [1.807, 2.05) is 267 Å². The highest BCUT2D eigenvalue weighted by Gasteiger charge is 2.29. The first-order chi connectivity index (χ1) is 71.1. The predicted molar refractivity (Wildman–Crippen MR) is 569 cm³/mol. The van der Waals surface area contributed by atoms with E-state index in [1.54, 1.807) is 0 Å². The predicted octanol–water partition coefficient (Wildman–Crippen LogP) is 27.7. The molecule has 23 aromatic rings. The van der Waals surface area contributed by atoms with Crippen LogP contribution in [0.25, 0.3) is 176 Å². The van der Waals surface area contributed by atoms with Gasteiger partial charge in [0.25, 0.3) is 0 Å². The molecule has 0 saturated carbocycles. The van der Waals surface area contributed by atoms with Gasteiger partial charge in [-0.15, -0.1) is 0 Å². The summed E-state index contributed by atoms with van der Waals surface area (Å²) in [6.45, 7) is 0.955. The number of aromatic nitrogens is 8. The van der Waals surface area contributed by atoms with Gasteiger partial charge in [-0.05, 0) is 256 Å². The van der Waals surface area contributed by atoms with E-state index in [9.17, 15) is 0 Å². The normalized spacial score (nSPS) is 11.8. The highest BCUT2D eigenvalue weighted by molar-refractivity contribution is 6.08. The SMILES string of the molecule is c1ccc2cc(OCC(COc3ccc4ccccc4c3)Oc3ccc4c(c3)-c3nc-4nc4[nH]c(nc5nc(nc6[nH]c(n3)c3ccc(OC(COc7ccc8ccccc8c7)COc7ccc8ccccc8c7)cc63)-c3ccc(OC(COc6ccc7ccccc7c6)COc6ccc7ccccc7c6)cc3-5)c3ccc(OC(COc5ccc6ccccc6c5)COc5ccc6ccccc6c5)cc43)ccc2c1. The van der Waals surface area contributed by atoms with Crippen LogP contribution in [-0.4, -0.2) is 117 Å². The van der Waals surface area contributed by atoms with Gasteiger partial charge in [-0.2, -0.15) is 0 Å². The van der Waals surface area contributed by atoms with Gasteiger partial charge in [-0.3, -0.25) is 0 Å². The van der Waals surface area contributed by atoms with Crippen LogP contribution in [0, 0.1) is 0 Å². The minimum Gasteiger partial charge on any atom is -0.490 e. The summed E-state index contributed by atoms with van der Waals surface area (Å²) in [6.07, 6.45) is -2.65. The summed E-state index contributed by atoms with van der Waals surface area (Å²) < 4.78 is 82.2. The van der Waals surface area contributed by atoms with Crippen molar-refractivity contribution in [1.82, 2.24) is 39.9 Å². The topological polar surface area (TPSA) is 220 Å². The lowest BCUT2D eigenvalue weighted by molar-refractivity contribution is 0.0813. The van der Waals surface area contributed by atoms with Gasteiger partial charge in [0, 0.05) is 43.8 Å². The smallest absolute Gasteiger partial charge is 0.166 e. The molecule has 698 valence electrons. The number of hydrogen-bond donors (Lipinski definition) is 2. The minimum absolute atomic E-state index is 0.119. The molecule has 25 rings (SSSR count). The van der Waals surface area contributed by atoms with Crippen LogP contribution in [0.4, 0.5) is 0 Å². The number of nitrogens with one attached hydrogen (secondary N) is 2. The van der Waals surface area contributed by atoms with Gasteiger partial charge in [0.05, 0.1) is 0 Å². The van der Waals surface area contributed by atoms with Crippen molar-refractivity contribution in [2.45, 2.75) is 24.4 Å². The standard InChI is InChI=1S/C124H90N8O12/c1-9-25-85-57-93(41-33-77(85)17-1)133-69-105(70-134-94-42-34-78-18-2-10-26-86(78)58-94)141-101-49-53-109-113(65-101)121-125-117(109)130-122-115-67-103(143-107(73-137-97-45-37-81-21-5-13-29-89(81)61-97)74-138-98-46-38-82-22-6-14-30-90(82)62-98)51-55-111(115)119(127-122)132-124-116-68-104(144-108(75-139-99-47-39-83-23-7-15-31-91(83)63-99)76-140-100-48-40-84-24-8-16-32-92(84)64-100)52-56-112(116)120(128-124)131-123-114-66-102(50-54-110(114)118(126-123)129-121)142-106(71-135-95-43-35-79-19-3-11-27-87(79)59-95)72-136-96-44-36-80-20-4-12-28-88(80)60-96/h1-68,105-108H,69-76H2,(H2,125,126,127,128,129,130,131,132). The Morgan fingerprint density at radius 3 is 0.556 bits per heavy atom. The van der Waals surface area contributed by atoms with Crippen LogP contribution in [0.5, 0.6) is 69.0 Å². The average molecular weight is 1880 g/mol. The van der Waals surface area contributed by atoms with Crippen molar-refractivity contribution in [2.75, 3.05) is 52.9 Å². The Balaban J connectivity index is 0.640. The van der Waals surface area contributed by atoms with E-state index >= 15 is 0 Å². The third kappa shape index (κ3) is 18.8. The van der Waals surface area contributed by atoms with Crippen LogP contribution in [0.1, 0.15) is 0 Å². The molecule has 0 saturated heterocycles. The summed E-state index contributed by atoms with van der Waals surface area (Å²) in [6, 6.07) is 138. The van der Waals surface area contributed by atoms with Gasteiger partial charge in [0.2, 0.25) is 0 Å². The van der Waals surface area contributed by atoms with Crippen LogP contribution in [0.3, 0.4) is 0 Å². The first kappa shape index (κ1) is 87.0. The third-order valence-corrected chi connectivity index (χ3v) is 26.2. The third-order valence-electron chi connectivity index (χ3n) is 26.2. The monoisotopic (exact) mass is 1880 g/mol. The number of H-pyrrole nitrogens is 2. The number of rotatable bonds is 32. The largest absolute Gasteiger partial charge is 0.490 e. The van der Waals surface area contributed by atoms with E-state index in [4.69, 9.17) is 86.7 Å². The molecule has 8 bridgehead atoms. The molecular weight excluding hydrogens is 1790 g/mol. The number of benzene rings is 20. The molecule has 20 heteroatoms. The summed E-state index contributed by atoms with van der Waals surface area (Å²) in [4.78, 5) is 40.9. The van der Waals surface area contributed by atoms with Crippen LogP contribution in [-0.2, 0) is 0 Å². The molecule has 144 heavy (non-hydrogen) atoms. The number of fused-ring (bicyclic) bond motifs is 28. The quantitative estimate of drug-likeness (QED) is 0.0400. The fraction of sp³-hybridized carbons (Fsp3) is 0.0968. The molecule has 5 heterocycles. The molecule has 0 radical (unpaired) electrons. The van der Waals surface area contributed by atoms with E-state index in [0.29, 0.717) is 159 Å². The summed E-state index contributed by atoms with van der Waals surface area (Å²) in [5.74, 6) is 8.70. The molecule has 0 fully saturated rings. The first-order valence-electron chi connectivity index (χ1n) is 48.1. The summed E-state index contributed by atoms with van der Waals surface area (Å²) in [7, 11) is 0. The van der Waals surface area contributed by atoms with Crippen LogP contribution in [0.2, 0.25) is 0 Å². The van der Waals surface area contributed by atoms with Crippen molar-refractivity contribution in [2.24, 2.45) is 0 Å². The van der Waals surface area contributed by atoms with E-state index < -0.39 is 24.4 Å². The van der Waals surface area contributed by atoms with Crippen molar-refractivity contribution >= 4 is 130 Å². The zero-order valence-electron chi connectivity index (χ0n) is 77.8. The zero-order chi connectivity index (χ0) is 95.6. The molecule has 2 N–H and O–H groups in total. The molecule has 3 aromatic heterocycles. The highest BCUT2D eigenvalue weighted by atomic mass is 16.6. The average Bonchev–Trinajstić information content (AvgIpc) is 1.59. The fourth-order valence-corrected chi connectivity index (χ4v) is 18.8. The Bertz CT molecular complexity index is 8220. The maximum atomic E-state index is 7.17. The maximum Gasteiger partial charge on any atom is 0.166 e. The lowest BCUT2D eigenvalue weighted by Crippen LogP contribution is -2.31. The second-order valence-corrected chi connectivity index (χ2v) is 36.0. The molecular formula is C124H90N8O12. The highest BCUT2D eigenvalue weighted by Crippen LogP contribution is 2.43. The van der Waals surface area contributed by atoms with E-state index in [-0.39, 0.29) is 52.9 Å². The van der Waals surface area contributed by atoms with Crippen LogP contribution < -0.4 is 56.8 Å². The number of hydrogen-bond acceptors (Lipinski definition) is 18.